The zero-order valence-electron chi connectivity index (χ0n) is 19.8. The molecule has 36 heavy (non-hydrogen) atoms. The number of nitrogens with two attached hydrogens (primary N) is 1. The first kappa shape index (κ1) is 31.9. The zero-order valence-corrected chi connectivity index (χ0v) is 22.9. The van der Waals surface area contributed by atoms with Gasteiger partial charge in [-0.3, -0.25) is 14.4 Å². The Hall–Kier alpha value is -2.08. The summed E-state index contributed by atoms with van der Waals surface area (Å²) >= 11 is 12.3. The lowest BCUT2D eigenvalue weighted by atomic mass is 10.1. The van der Waals surface area contributed by atoms with Crippen LogP contribution in [-0.2, 0) is 16.3 Å². The third-order valence-electron chi connectivity index (χ3n) is 5.42. The Morgan fingerprint density at radius 3 is 2.36 bits per heavy atom. The van der Waals surface area contributed by atoms with E-state index in [1.54, 1.807) is 19.9 Å². The molecule has 1 fully saturated rings. The number of anilines is 1. The summed E-state index contributed by atoms with van der Waals surface area (Å²) in [4.78, 5) is 38.0. The van der Waals surface area contributed by atoms with Crippen LogP contribution in [0, 0.1) is 5.92 Å². The molecule has 1 saturated heterocycles. The van der Waals surface area contributed by atoms with Crippen molar-refractivity contribution in [1.82, 2.24) is 20.4 Å². The topological polar surface area (TPSA) is 140 Å². The lowest BCUT2D eigenvalue weighted by Gasteiger charge is -2.23. The average Bonchev–Trinajstić information content (AvgIpc) is 3.20. The van der Waals surface area contributed by atoms with Crippen LogP contribution in [0.15, 0.2) is 24.4 Å². The van der Waals surface area contributed by atoms with Crippen molar-refractivity contribution in [2.45, 2.75) is 45.5 Å². The van der Waals surface area contributed by atoms with Crippen molar-refractivity contribution >= 4 is 71.5 Å². The van der Waals surface area contributed by atoms with Crippen LogP contribution in [0.2, 0.25) is 10.0 Å². The van der Waals surface area contributed by atoms with Gasteiger partial charge in [0.1, 0.15) is 6.04 Å². The van der Waals surface area contributed by atoms with Gasteiger partial charge in [-0.2, -0.15) is 5.10 Å². The van der Waals surface area contributed by atoms with Gasteiger partial charge in [-0.25, -0.2) is 4.68 Å². The molecule has 5 N–H and O–H groups in total. The van der Waals surface area contributed by atoms with Crippen molar-refractivity contribution < 1.29 is 19.1 Å². The fourth-order valence-electron chi connectivity index (χ4n) is 3.36. The number of hydrogen-bond donors (Lipinski definition) is 4. The molecule has 1 aromatic heterocycles. The molecule has 0 bridgehead atoms. The lowest BCUT2D eigenvalue weighted by molar-refractivity contribution is -0.150. The van der Waals surface area contributed by atoms with Gasteiger partial charge in [-0.05, 0) is 44.0 Å². The molecule has 0 unspecified atom stereocenters. The normalized spacial score (nSPS) is 14.3. The van der Waals surface area contributed by atoms with Gasteiger partial charge >= 0.3 is 5.97 Å². The molecule has 1 aliphatic rings. The summed E-state index contributed by atoms with van der Waals surface area (Å²) in [6, 6.07) is 3.87. The number of aromatic nitrogens is 2. The molecule has 2 aromatic rings. The van der Waals surface area contributed by atoms with Crippen LogP contribution >= 0.6 is 48.0 Å². The second kappa shape index (κ2) is 14.6. The van der Waals surface area contributed by atoms with Crippen LogP contribution in [-0.4, -0.2) is 52.7 Å². The molecule has 1 aliphatic heterocycles. The summed E-state index contributed by atoms with van der Waals surface area (Å²) < 4.78 is 6.46. The van der Waals surface area contributed by atoms with E-state index < -0.39 is 23.8 Å². The molecule has 200 valence electrons. The molecule has 2 amide bonds. The van der Waals surface area contributed by atoms with Crippen molar-refractivity contribution in [1.29, 1.82) is 0 Å². The number of carbonyl (C=O) groups excluding carboxylic acids is 3. The number of nitrogens with zero attached hydrogens (tertiary/aromatic N) is 2. The van der Waals surface area contributed by atoms with Crippen LogP contribution < -0.4 is 21.7 Å². The monoisotopic (exact) mass is 582 g/mol. The molecule has 1 aromatic carbocycles. The summed E-state index contributed by atoms with van der Waals surface area (Å²) in [7, 11) is 0. The van der Waals surface area contributed by atoms with Gasteiger partial charge in [0.05, 0.1) is 27.5 Å². The molecule has 0 aliphatic carbocycles. The number of carbonyl (C=O) groups is 3. The molecule has 10 nitrogen and oxygen atoms in total. The number of benzene rings is 1. The quantitative estimate of drug-likeness (QED) is 0.350. The number of esters is 1. The third kappa shape index (κ3) is 8.22. The first-order chi connectivity index (χ1) is 16.2. The largest absolute Gasteiger partial charge is 0.441 e. The Balaban J connectivity index is 0.00000324. The predicted octanol–water partition coefficient (Wildman–Crippen LogP) is 3.25. The molecule has 3 rings (SSSR count). The number of amides is 2. The Morgan fingerprint density at radius 1 is 1.17 bits per heavy atom. The number of piperidine rings is 1. The van der Waals surface area contributed by atoms with Gasteiger partial charge in [0.15, 0.2) is 12.4 Å². The number of hydrogen-bond acceptors (Lipinski definition) is 7. The molecular weight excluding hydrogens is 554 g/mol. The summed E-state index contributed by atoms with van der Waals surface area (Å²) in [5.74, 6) is -1.77. The van der Waals surface area contributed by atoms with Crippen LogP contribution in [0.5, 0.6) is 0 Å². The van der Waals surface area contributed by atoms with Crippen LogP contribution in [0.3, 0.4) is 0 Å². The number of rotatable bonds is 8. The molecular formula is C22H30Cl4N6O4. The Bertz CT molecular complexity index is 1040. The highest BCUT2D eigenvalue weighted by atomic mass is 35.5. The molecule has 2 heterocycles. The van der Waals surface area contributed by atoms with E-state index in [0.29, 0.717) is 0 Å². The maximum absolute atomic E-state index is 13.0. The first-order valence-electron chi connectivity index (χ1n) is 10.9. The van der Waals surface area contributed by atoms with Gasteiger partial charge in [0.2, 0.25) is 0 Å². The highest BCUT2D eigenvalue weighted by Gasteiger charge is 2.25. The summed E-state index contributed by atoms with van der Waals surface area (Å²) in [5.41, 5.74) is 5.98. The molecule has 14 heteroatoms. The second-order valence-corrected chi connectivity index (χ2v) is 9.16. The summed E-state index contributed by atoms with van der Waals surface area (Å²) in [6.07, 6.45) is 2.94. The minimum absolute atomic E-state index is 0. The van der Waals surface area contributed by atoms with E-state index in [-0.39, 0.29) is 70.5 Å². The molecule has 0 saturated carbocycles. The second-order valence-electron chi connectivity index (χ2n) is 8.34. The number of ether oxygens (including phenoxy) is 1. The minimum Gasteiger partial charge on any atom is -0.441 e. The van der Waals surface area contributed by atoms with Gasteiger partial charge in [0.25, 0.3) is 11.8 Å². The van der Waals surface area contributed by atoms with Crippen molar-refractivity contribution in [2.24, 2.45) is 11.7 Å². The van der Waals surface area contributed by atoms with Crippen LogP contribution in [0.25, 0.3) is 0 Å². The van der Waals surface area contributed by atoms with Gasteiger partial charge in [-0.15, -0.1) is 24.8 Å². The maximum Gasteiger partial charge on any atom is 0.324 e. The fraction of sp³-hybridized carbons (Fsp3) is 0.455. The van der Waals surface area contributed by atoms with E-state index in [4.69, 9.17) is 33.7 Å². The highest BCUT2D eigenvalue weighted by Crippen LogP contribution is 2.26. The van der Waals surface area contributed by atoms with Crippen molar-refractivity contribution in [2.75, 3.05) is 18.4 Å². The average molecular weight is 584 g/mol. The summed E-state index contributed by atoms with van der Waals surface area (Å²) in [6.45, 7) is 4.91. The smallest absolute Gasteiger partial charge is 0.324 e. The van der Waals surface area contributed by atoms with E-state index >= 15 is 0 Å². The Morgan fingerprint density at radius 2 is 1.78 bits per heavy atom. The van der Waals surface area contributed by atoms with Crippen molar-refractivity contribution in [3.05, 3.63) is 45.7 Å². The van der Waals surface area contributed by atoms with E-state index in [0.717, 1.165) is 25.9 Å². The number of nitrogens with one attached hydrogen (secondary N) is 3. The highest BCUT2D eigenvalue weighted by molar-refractivity contribution is 6.40. The third-order valence-corrected chi connectivity index (χ3v) is 6.05. The van der Waals surface area contributed by atoms with Crippen molar-refractivity contribution in [3.63, 3.8) is 0 Å². The predicted molar refractivity (Wildman–Crippen MR) is 143 cm³/mol. The van der Waals surface area contributed by atoms with E-state index in [2.05, 4.69) is 21.0 Å². The Labute approximate surface area is 231 Å². The van der Waals surface area contributed by atoms with Gasteiger partial charge < -0.3 is 26.4 Å². The van der Waals surface area contributed by atoms with Gasteiger partial charge in [0, 0.05) is 6.04 Å². The minimum atomic E-state index is -0.792. The van der Waals surface area contributed by atoms with Crippen LogP contribution in [0.1, 0.15) is 47.5 Å². The SMILES string of the molecule is CC(C)[C@H](N)C(=O)OCn1cc(NC(=O)c2c(Cl)cccc2Cl)c(C(=O)NC2CCNCC2)n1.Cl.Cl. The molecule has 0 spiro atoms. The zero-order chi connectivity index (χ0) is 24.8. The van der Waals surface area contributed by atoms with Crippen molar-refractivity contribution in [3.8, 4) is 0 Å². The summed E-state index contributed by atoms with van der Waals surface area (Å²) in [5, 5.41) is 13.4. The molecule has 1 atom stereocenters. The van der Waals surface area contributed by atoms with Gasteiger partial charge in [-0.1, -0.05) is 43.1 Å². The first-order valence-corrected chi connectivity index (χ1v) is 11.7. The molecule has 0 radical (unpaired) electrons. The lowest BCUT2D eigenvalue weighted by Crippen LogP contribution is -2.43. The van der Waals surface area contributed by atoms with E-state index in [1.807, 2.05) is 0 Å². The van der Waals surface area contributed by atoms with E-state index in [9.17, 15) is 14.4 Å². The maximum atomic E-state index is 13.0. The Kier molecular flexibility index (Phi) is 13.0. The standard InChI is InChI=1S/C22H28Cl2N6O4.2ClH/c1-12(2)18(25)22(33)34-11-30-10-16(28-20(31)17-14(23)4-3-5-15(17)24)19(29-30)21(32)27-13-6-8-26-9-7-13;;/h3-5,10,12-13,18,26H,6-9,11,25H2,1-2H3,(H,27,32)(H,28,31);2*1H/t18-;;/m0../s1. The van der Waals surface area contributed by atoms with Crippen LogP contribution in [0.4, 0.5) is 5.69 Å². The number of halogens is 4. The van der Waals surface area contributed by atoms with E-state index in [1.165, 1.54) is 23.0 Å². The fourth-order valence-corrected chi connectivity index (χ4v) is 3.93.